The lowest BCUT2D eigenvalue weighted by Crippen LogP contribution is -1.99. The van der Waals surface area contributed by atoms with E-state index in [0.29, 0.717) is 10.4 Å². The van der Waals surface area contributed by atoms with Gasteiger partial charge >= 0.3 is 5.97 Å². The minimum Gasteiger partial charge on any atom is -0.478 e. The fourth-order valence-corrected chi connectivity index (χ4v) is 3.63. The lowest BCUT2D eigenvalue weighted by atomic mass is 9.95. The number of carboxylic acids is 1. The van der Waals surface area contributed by atoms with E-state index in [1.807, 2.05) is 79.7 Å². The molecule has 0 fully saturated rings. The molecule has 0 heterocycles. The van der Waals surface area contributed by atoms with E-state index >= 15 is 0 Å². The van der Waals surface area contributed by atoms with Crippen LogP contribution in [0.25, 0.3) is 21.9 Å². The zero-order valence-electron chi connectivity index (χ0n) is 15.2. The molecule has 0 bridgehead atoms. The van der Waals surface area contributed by atoms with Crippen LogP contribution in [-0.4, -0.2) is 11.1 Å². The molecule has 0 amide bonds. The van der Waals surface area contributed by atoms with Gasteiger partial charge in [-0.2, -0.15) is 0 Å². The van der Waals surface area contributed by atoms with Crippen molar-refractivity contribution in [2.24, 2.45) is 0 Å². The monoisotopic (exact) mass is 387 g/mol. The SMILES string of the molecule is Cc1cc(-c2cc(C(=O)O)c3ccccc3c2)c(Cl)cc1Nc1ccccc1. The van der Waals surface area contributed by atoms with Crippen molar-refractivity contribution in [3.8, 4) is 11.1 Å². The molecular weight excluding hydrogens is 370 g/mol. The molecule has 4 aromatic carbocycles. The summed E-state index contributed by atoms with van der Waals surface area (Å²) in [5, 5.41) is 15.2. The molecule has 4 rings (SSSR count). The largest absolute Gasteiger partial charge is 0.478 e. The Balaban J connectivity index is 1.81. The third kappa shape index (κ3) is 3.45. The summed E-state index contributed by atoms with van der Waals surface area (Å²) in [4.78, 5) is 11.8. The van der Waals surface area contributed by atoms with E-state index in [1.54, 1.807) is 6.07 Å². The Labute approximate surface area is 168 Å². The van der Waals surface area contributed by atoms with Gasteiger partial charge < -0.3 is 10.4 Å². The molecule has 0 aromatic heterocycles. The molecule has 0 spiro atoms. The van der Waals surface area contributed by atoms with Gasteiger partial charge in [-0.3, -0.25) is 0 Å². The summed E-state index contributed by atoms with van der Waals surface area (Å²) in [6.45, 7) is 2.00. The minimum atomic E-state index is -0.951. The number of carboxylic acid groups (broad SMARTS) is 1. The lowest BCUT2D eigenvalue weighted by Gasteiger charge is -2.14. The number of nitrogens with one attached hydrogen (secondary N) is 1. The third-order valence-corrected chi connectivity index (χ3v) is 5.08. The van der Waals surface area contributed by atoms with Crippen molar-refractivity contribution in [3.05, 3.63) is 95.0 Å². The van der Waals surface area contributed by atoms with Gasteiger partial charge in [0.1, 0.15) is 0 Å². The Kier molecular flexibility index (Phi) is 4.76. The Bertz CT molecular complexity index is 1190. The van der Waals surface area contributed by atoms with Crippen LogP contribution in [0.2, 0.25) is 5.02 Å². The fraction of sp³-hybridized carbons (Fsp3) is 0.0417. The second-order valence-corrected chi connectivity index (χ2v) is 7.10. The van der Waals surface area contributed by atoms with E-state index in [0.717, 1.165) is 33.5 Å². The lowest BCUT2D eigenvalue weighted by molar-refractivity contribution is 0.0699. The highest BCUT2D eigenvalue weighted by atomic mass is 35.5. The number of rotatable bonds is 4. The summed E-state index contributed by atoms with van der Waals surface area (Å²) < 4.78 is 0. The zero-order valence-corrected chi connectivity index (χ0v) is 16.0. The quantitative estimate of drug-likeness (QED) is 0.400. The number of halogens is 1. The maximum absolute atomic E-state index is 11.8. The second kappa shape index (κ2) is 7.37. The Morgan fingerprint density at radius 1 is 0.929 bits per heavy atom. The number of fused-ring (bicyclic) bond motifs is 1. The van der Waals surface area contributed by atoms with Gasteiger partial charge in [-0.05, 0) is 65.2 Å². The fourth-order valence-electron chi connectivity index (χ4n) is 3.36. The first-order chi connectivity index (χ1) is 13.5. The maximum Gasteiger partial charge on any atom is 0.336 e. The number of benzene rings is 4. The van der Waals surface area contributed by atoms with E-state index in [1.165, 1.54) is 0 Å². The van der Waals surface area contributed by atoms with Crippen molar-refractivity contribution >= 4 is 39.7 Å². The van der Waals surface area contributed by atoms with Gasteiger partial charge in [-0.15, -0.1) is 0 Å². The molecule has 0 aliphatic rings. The molecule has 28 heavy (non-hydrogen) atoms. The smallest absolute Gasteiger partial charge is 0.336 e. The molecule has 0 unspecified atom stereocenters. The molecule has 4 heteroatoms. The number of anilines is 2. The van der Waals surface area contributed by atoms with Crippen LogP contribution in [0.1, 0.15) is 15.9 Å². The number of hydrogen-bond acceptors (Lipinski definition) is 2. The van der Waals surface area contributed by atoms with Crippen LogP contribution in [0.4, 0.5) is 11.4 Å². The molecule has 0 saturated carbocycles. The van der Waals surface area contributed by atoms with E-state index in [4.69, 9.17) is 11.6 Å². The van der Waals surface area contributed by atoms with Crippen molar-refractivity contribution in [1.29, 1.82) is 0 Å². The predicted octanol–water partition coefficient (Wildman–Crippen LogP) is 6.91. The molecule has 3 nitrogen and oxygen atoms in total. The van der Waals surface area contributed by atoms with E-state index in [2.05, 4.69) is 5.32 Å². The van der Waals surface area contributed by atoms with Gasteiger partial charge in [0.25, 0.3) is 0 Å². The van der Waals surface area contributed by atoms with Crippen molar-refractivity contribution < 1.29 is 9.90 Å². The predicted molar refractivity (Wildman–Crippen MR) is 116 cm³/mol. The van der Waals surface area contributed by atoms with Crippen LogP contribution in [0.5, 0.6) is 0 Å². The van der Waals surface area contributed by atoms with Gasteiger partial charge in [0.2, 0.25) is 0 Å². The molecule has 0 saturated heterocycles. The minimum absolute atomic E-state index is 0.272. The Morgan fingerprint density at radius 3 is 2.39 bits per heavy atom. The van der Waals surface area contributed by atoms with Gasteiger partial charge in [0.15, 0.2) is 0 Å². The summed E-state index contributed by atoms with van der Waals surface area (Å²) in [5.74, 6) is -0.951. The average molecular weight is 388 g/mol. The maximum atomic E-state index is 11.8. The van der Waals surface area contributed by atoms with Crippen LogP contribution in [0.3, 0.4) is 0 Å². The van der Waals surface area contributed by atoms with Crippen molar-refractivity contribution in [2.45, 2.75) is 6.92 Å². The number of carbonyl (C=O) groups is 1. The van der Waals surface area contributed by atoms with Crippen LogP contribution in [0, 0.1) is 6.92 Å². The highest BCUT2D eigenvalue weighted by molar-refractivity contribution is 6.33. The molecule has 0 aliphatic heterocycles. The number of hydrogen-bond donors (Lipinski definition) is 2. The molecule has 4 aromatic rings. The van der Waals surface area contributed by atoms with Crippen LogP contribution >= 0.6 is 11.6 Å². The van der Waals surface area contributed by atoms with E-state index in [9.17, 15) is 9.90 Å². The van der Waals surface area contributed by atoms with Gasteiger partial charge in [-0.1, -0.05) is 54.1 Å². The van der Waals surface area contributed by atoms with E-state index < -0.39 is 5.97 Å². The van der Waals surface area contributed by atoms with Gasteiger partial charge in [0, 0.05) is 16.9 Å². The second-order valence-electron chi connectivity index (χ2n) is 6.69. The summed E-state index contributed by atoms with van der Waals surface area (Å²) >= 11 is 6.60. The highest BCUT2D eigenvalue weighted by Crippen LogP contribution is 2.36. The third-order valence-electron chi connectivity index (χ3n) is 4.77. The van der Waals surface area contributed by atoms with Gasteiger partial charge in [-0.25, -0.2) is 4.79 Å². The first kappa shape index (κ1) is 18.1. The van der Waals surface area contributed by atoms with Crippen LogP contribution in [-0.2, 0) is 0 Å². The molecule has 0 aliphatic carbocycles. The Morgan fingerprint density at radius 2 is 1.64 bits per heavy atom. The first-order valence-corrected chi connectivity index (χ1v) is 9.29. The standard InChI is InChI=1S/C24H18ClNO2/c1-15-11-20(22(25)14-23(15)26-18-8-3-2-4-9-18)17-12-16-7-5-6-10-19(16)21(13-17)24(27)28/h2-14,26H,1H3,(H,27,28). The zero-order chi connectivity index (χ0) is 19.7. The van der Waals surface area contributed by atoms with Crippen molar-refractivity contribution in [2.75, 3.05) is 5.32 Å². The van der Waals surface area contributed by atoms with Gasteiger partial charge in [0.05, 0.1) is 10.6 Å². The molecular formula is C24H18ClNO2. The number of aromatic carboxylic acids is 1. The molecule has 0 atom stereocenters. The average Bonchev–Trinajstić information content (AvgIpc) is 2.70. The number of aryl methyl sites for hydroxylation is 1. The Hall–Kier alpha value is -3.30. The van der Waals surface area contributed by atoms with E-state index in [-0.39, 0.29) is 5.56 Å². The molecule has 138 valence electrons. The van der Waals surface area contributed by atoms with Crippen molar-refractivity contribution in [3.63, 3.8) is 0 Å². The summed E-state index contributed by atoms with van der Waals surface area (Å²) in [6.07, 6.45) is 0. The number of para-hydroxylation sites is 1. The van der Waals surface area contributed by atoms with Crippen LogP contribution in [0.15, 0.2) is 78.9 Å². The summed E-state index contributed by atoms with van der Waals surface area (Å²) in [7, 11) is 0. The summed E-state index contributed by atoms with van der Waals surface area (Å²) in [6, 6.07) is 24.9. The normalized spacial score (nSPS) is 10.8. The molecule has 2 N–H and O–H groups in total. The first-order valence-electron chi connectivity index (χ1n) is 8.91. The topological polar surface area (TPSA) is 49.3 Å². The van der Waals surface area contributed by atoms with Crippen molar-refractivity contribution in [1.82, 2.24) is 0 Å². The molecule has 0 radical (unpaired) electrons. The summed E-state index contributed by atoms with van der Waals surface area (Å²) in [5.41, 5.74) is 4.79. The highest BCUT2D eigenvalue weighted by Gasteiger charge is 2.14. The van der Waals surface area contributed by atoms with Crippen LogP contribution < -0.4 is 5.32 Å².